The van der Waals surface area contributed by atoms with E-state index in [2.05, 4.69) is 11.1 Å². The molecular formula is C14H18N2O2S. The molecule has 1 heterocycles. The molecule has 0 aliphatic carbocycles. The largest absolute Gasteiger partial charge is 0.465 e. The Morgan fingerprint density at radius 2 is 2.05 bits per heavy atom. The van der Waals surface area contributed by atoms with Gasteiger partial charge < -0.3 is 4.74 Å². The average Bonchev–Trinajstić information content (AvgIpc) is 2.40. The molecule has 0 bridgehead atoms. The van der Waals surface area contributed by atoms with Gasteiger partial charge in [0.1, 0.15) is 11.1 Å². The van der Waals surface area contributed by atoms with Gasteiger partial charge in [-0.3, -0.25) is 4.79 Å². The highest BCUT2D eigenvalue weighted by molar-refractivity contribution is 7.99. The van der Waals surface area contributed by atoms with Crippen LogP contribution in [0.15, 0.2) is 5.03 Å². The Hall–Kier alpha value is -1.54. The zero-order chi connectivity index (χ0) is 14.4. The molecule has 0 aliphatic rings. The molecule has 0 radical (unpaired) electrons. The monoisotopic (exact) mass is 278 g/mol. The van der Waals surface area contributed by atoms with E-state index in [4.69, 9.17) is 4.74 Å². The lowest BCUT2D eigenvalue weighted by Crippen LogP contribution is -2.09. The number of carbonyl (C=O) groups excluding carboxylic acids is 1. The third kappa shape index (κ3) is 3.97. The van der Waals surface area contributed by atoms with Crippen molar-refractivity contribution in [3.8, 4) is 6.07 Å². The van der Waals surface area contributed by atoms with Crippen molar-refractivity contribution in [1.82, 2.24) is 4.98 Å². The molecule has 19 heavy (non-hydrogen) atoms. The minimum absolute atomic E-state index is 0.184. The summed E-state index contributed by atoms with van der Waals surface area (Å²) in [5, 5.41) is 9.81. The first kappa shape index (κ1) is 15.5. The minimum atomic E-state index is -0.270. The van der Waals surface area contributed by atoms with E-state index in [0.29, 0.717) is 17.2 Å². The summed E-state index contributed by atoms with van der Waals surface area (Å²) in [6.07, 6.45) is 0.806. The second-order valence-corrected chi connectivity index (χ2v) is 5.21. The van der Waals surface area contributed by atoms with Crippen LogP contribution in [0, 0.1) is 32.1 Å². The van der Waals surface area contributed by atoms with Gasteiger partial charge in [0.05, 0.1) is 17.9 Å². The standard InChI is InChI=1S/C14H18N2O2S/c1-5-6-18-13(17)8-19-14-12(7-15)10(3)9(2)11(4)16-14/h5-6,8H2,1-4H3. The molecular weight excluding hydrogens is 260 g/mol. The fourth-order valence-corrected chi connectivity index (χ4v) is 2.41. The number of carbonyl (C=O) groups is 1. The van der Waals surface area contributed by atoms with Crippen LogP contribution in [-0.2, 0) is 9.53 Å². The molecule has 5 heteroatoms. The third-order valence-corrected chi connectivity index (χ3v) is 3.82. The summed E-state index contributed by atoms with van der Waals surface area (Å²) in [6.45, 7) is 8.14. The van der Waals surface area contributed by atoms with E-state index in [0.717, 1.165) is 23.2 Å². The topological polar surface area (TPSA) is 63.0 Å². The van der Waals surface area contributed by atoms with Crippen molar-refractivity contribution in [2.75, 3.05) is 12.4 Å². The van der Waals surface area contributed by atoms with Crippen LogP contribution in [0.1, 0.15) is 35.7 Å². The maximum absolute atomic E-state index is 11.5. The molecule has 0 atom stereocenters. The van der Waals surface area contributed by atoms with E-state index in [1.807, 2.05) is 27.7 Å². The number of aromatic nitrogens is 1. The van der Waals surface area contributed by atoms with Crippen molar-refractivity contribution in [1.29, 1.82) is 5.26 Å². The fourth-order valence-electron chi connectivity index (χ4n) is 1.53. The van der Waals surface area contributed by atoms with Crippen molar-refractivity contribution in [3.63, 3.8) is 0 Å². The summed E-state index contributed by atoms with van der Waals surface area (Å²) in [7, 11) is 0. The normalized spacial score (nSPS) is 10.1. The van der Waals surface area contributed by atoms with Crippen molar-refractivity contribution < 1.29 is 9.53 Å². The van der Waals surface area contributed by atoms with Crippen LogP contribution < -0.4 is 0 Å². The van der Waals surface area contributed by atoms with Gasteiger partial charge >= 0.3 is 5.97 Å². The van der Waals surface area contributed by atoms with Gasteiger partial charge in [-0.1, -0.05) is 18.7 Å². The van der Waals surface area contributed by atoms with Gasteiger partial charge in [-0.05, 0) is 38.3 Å². The second-order valence-electron chi connectivity index (χ2n) is 4.25. The molecule has 0 amide bonds. The lowest BCUT2D eigenvalue weighted by molar-refractivity contribution is -0.140. The highest BCUT2D eigenvalue weighted by atomic mass is 32.2. The van der Waals surface area contributed by atoms with Gasteiger partial charge in [0.2, 0.25) is 0 Å². The number of rotatable bonds is 5. The van der Waals surface area contributed by atoms with Crippen molar-refractivity contribution in [2.45, 2.75) is 39.1 Å². The Labute approximate surface area is 118 Å². The van der Waals surface area contributed by atoms with Crippen LogP contribution in [0.25, 0.3) is 0 Å². The third-order valence-electron chi connectivity index (χ3n) is 2.87. The van der Waals surface area contributed by atoms with E-state index in [1.54, 1.807) is 0 Å². The SMILES string of the molecule is CCCOC(=O)CSc1nc(C)c(C)c(C)c1C#N. The molecule has 0 unspecified atom stereocenters. The molecule has 4 nitrogen and oxygen atoms in total. The zero-order valence-corrected chi connectivity index (χ0v) is 12.6. The van der Waals surface area contributed by atoms with Crippen molar-refractivity contribution in [2.24, 2.45) is 0 Å². The maximum atomic E-state index is 11.5. The number of esters is 1. The number of aryl methyl sites for hydroxylation is 1. The Morgan fingerprint density at radius 3 is 2.63 bits per heavy atom. The number of pyridine rings is 1. The van der Waals surface area contributed by atoms with E-state index in [9.17, 15) is 10.1 Å². The van der Waals surface area contributed by atoms with Gasteiger partial charge in [-0.25, -0.2) is 4.98 Å². The molecule has 1 aromatic rings. The predicted octanol–water partition coefficient (Wildman–Crippen LogP) is 2.92. The first-order valence-corrected chi connectivity index (χ1v) is 7.16. The Bertz CT molecular complexity index is 521. The van der Waals surface area contributed by atoms with E-state index in [-0.39, 0.29) is 11.7 Å². The van der Waals surface area contributed by atoms with Crippen molar-refractivity contribution in [3.05, 3.63) is 22.4 Å². The molecule has 0 spiro atoms. The highest BCUT2D eigenvalue weighted by Gasteiger charge is 2.14. The molecule has 1 aromatic heterocycles. The molecule has 102 valence electrons. The molecule has 0 N–H and O–H groups in total. The Balaban J connectivity index is 2.85. The summed E-state index contributed by atoms with van der Waals surface area (Å²) in [4.78, 5) is 15.8. The fraction of sp³-hybridized carbons (Fsp3) is 0.500. The number of nitrogens with zero attached hydrogens (tertiary/aromatic N) is 2. The predicted molar refractivity (Wildman–Crippen MR) is 75.1 cm³/mol. The summed E-state index contributed by atoms with van der Waals surface area (Å²) in [5.74, 6) is -0.0858. The minimum Gasteiger partial charge on any atom is -0.465 e. The maximum Gasteiger partial charge on any atom is 0.316 e. The van der Waals surface area contributed by atoms with Gasteiger partial charge in [0.15, 0.2) is 0 Å². The van der Waals surface area contributed by atoms with Gasteiger partial charge in [0.25, 0.3) is 0 Å². The van der Waals surface area contributed by atoms with Gasteiger partial charge in [0, 0.05) is 5.69 Å². The first-order valence-electron chi connectivity index (χ1n) is 6.17. The summed E-state index contributed by atoms with van der Waals surface area (Å²) >= 11 is 1.26. The molecule has 0 aromatic carbocycles. The molecule has 0 saturated carbocycles. The Morgan fingerprint density at radius 1 is 1.37 bits per heavy atom. The summed E-state index contributed by atoms with van der Waals surface area (Å²) in [5.41, 5.74) is 3.39. The van der Waals surface area contributed by atoms with Gasteiger partial charge in [-0.15, -0.1) is 0 Å². The zero-order valence-electron chi connectivity index (χ0n) is 11.7. The van der Waals surface area contributed by atoms with Crippen molar-refractivity contribution >= 4 is 17.7 Å². The van der Waals surface area contributed by atoms with Crippen LogP contribution in [0.5, 0.6) is 0 Å². The first-order chi connectivity index (χ1) is 9.01. The number of nitriles is 1. The van der Waals surface area contributed by atoms with Gasteiger partial charge in [-0.2, -0.15) is 5.26 Å². The quantitative estimate of drug-likeness (QED) is 0.612. The van der Waals surface area contributed by atoms with Crippen LogP contribution >= 0.6 is 11.8 Å². The molecule has 1 rings (SSSR count). The number of hydrogen-bond donors (Lipinski definition) is 0. The molecule has 0 aliphatic heterocycles. The molecule has 0 fully saturated rings. The van der Waals surface area contributed by atoms with E-state index >= 15 is 0 Å². The highest BCUT2D eigenvalue weighted by Crippen LogP contribution is 2.26. The van der Waals surface area contributed by atoms with Crippen LogP contribution in [0.4, 0.5) is 0 Å². The number of ether oxygens (including phenoxy) is 1. The lowest BCUT2D eigenvalue weighted by atomic mass is 10.1. The average molecular weight is 278 g/mol. The number of hydrogen-bond acceptors (Lipinski definition) is 5. The Kier molecular flexibility index (Phi) is 5.84. The van der Waals surface area contributed by atoms with Crippen LogP contribution in [0.2, 0.25) is 0 Å². The summed E-state index contributed by atoms with van der Waals surface area (Å²) in [6, 6.07) is 2.16. The van der Waals surface area contributed by atoms with E-state index in [1.165, 1.54) is 11.8 Å². The summed E-state index contributed by atoms with van der Waals surface area (Å²) < 4.78 is 5.00. The van der Waals surface area contributed by atoms with Crippen LogP contribution in [-0.4, -0.2) is 23.3 Å². The number of thioether (sulfide) groups is 1. The lowest BCUT2D eigenvalue weighted by Gasteiger charge is -2.10. The van der Waals surface area contributed by atoms with Crippen LogP contribution in [0.3, 0.4) is 0 Å². The second kappa shape index (κ2) is 7.15. The molecule has 0 saturated heterocycles. The van der Waals surface area contributed by atoms with E-state index < -0.39 is 0 Å². The smallest absolute Gasteiger partial charge is 0.316 e.